The highest BCUT2D eigenvalue weighted by Gasteiger charge is 2.15. The summed E-state index contributed by atoms with van der Waals surface area (Å²) in [7, 11) is 0. The van der Waals surface area contributed by atoms with Crippen LogP contribution in [-0.2, 0) is 6.54 Å². The minimum absolute atomic E-state index is 0.0415. The monoisotopic (exact) mass is 359 g/mol. The highest BCUT2D eigenvalue weighted by molar-refractivity contribution is 5.94. The summed E-state index contributed by atoms with van der Waals surface area (Å²) in [5.74, 6) is 0.857. The van der Waals surface area contributed by atoms with Gasteiger partial charge in [0.2, 0.25) is 0 Å². The highest BCUT2D eigenvalue weighted by Crippen LogP contribution is 2.15. The molecule has 0 aromatic heterocycles. The van der Waals surface area contributed by atoms with E-state index >= 15 is 0 Å². The second-order valence-electron chi connectivity index (χ2n) is 8.01. The van der Waals surface area contributed by atoms with Crippen molar-refractivity contribution >= 4 is 5.91 Å². The fourth-order valence-corrected chi connectivity index (χ4v) is 3.75. The van der Waals surface area contributed by atoms with Crippen LogP contribution in [0, 0.1) is 5.92 Å². The number of hydrogen-bond acceptors (Lipinski definition) is 3. The lowest BCUT2D eigenvalue weighted by Crippen LogP contribution is -2.36. The van der Waals surface area contributed by atoms with Gasteiger partial charge < -0.3 is 10.2 Å². The first-order valence-corrected chi connectivity index (χ1v) is 10.3. The molecule has 1 atom stereocenters. The van der Waals surface area contributed by atoms with Crippen LogP contribution in [0.25, 0.3) is 0 Å². The molecule has 1 N–H and O–H groups in total. The van der Waals surface area contributed by atoms with E-state index in [4.69, 9.17) is 0 Å². The van der Waals surface area contributed by atoms with Crippen LogP contribution in [-0.4, -0.2) is 54.5 Å². The molecule has 4 heteroatoms. The molecule has 26 heavy (non-hydrogen) atoms. The van der Waals surface area contributed by atoms with Crippen LogP contribution in [0.2, 0.25) is 0 Å². The summed E-state index contributed by atoms with van der Waals surface area (Å²) in [6.07, 6.45) is 3.69. The predicted molar refractivity (Wildman–Crippen MR) is 109 cm³/mol. The van der Waals surface area contributed by atoms with E-state index in [0.717, 1.165) is 44.1 Å². The standard InChI is InChI=1S/C22H37N3O/c1-5-25(18(2)3)17-20-9-11-21(12-10-20)22(26)23-13-7-15-24-14-6-8-19(4)16-24/h9-12,18-19H,5-8,13-17H2,1-4H3,(H,23,26). The second-order valence-corrected chi connectivity index (χ2v) is 8.01. The number of piperidine rings is 1. The number of hydrogen-bond donors (Lipinski definition) is 1. The number of rotatable bonds is 9. The van der Waals surface area contributed by atoms with Crippen molar-refractivity contribution in [3.8, 4) is 0 Å². The molecule has 1 amide bonds. The van der Waals surface area contributed by atoms with Gasteiger partial charge in [0.05, 0.1) is 0 Å². The van der Waals surface area contributed by atoms with Crippen molar-refractivity contribution < 1.29 is 4.79 Å². The first-order chi connectivity index (χ1) is 12.5. The Balaban J connectivity index is 1.72. The summed E-state index contributed by atoms with van der Waals surface area (Å²) in [4.78, 5) is 17.3. The molecule has 1 saturated heterocycles. The normalized spacial score (nSPS) is 18.5. The number of carbonyl (C=O) groups excluding carboxylic acids is 1. The number of likely N-dealkylation sites (tertiary alicyclic amines) is 1. The summed E-state index contributed by atoms with van der Waals surface area (Å²) in [5.41, 5.74) is 2.02. The predicted octanol–water partition coefficient (Wildman–Crippen LogP) is 3.77. The Morgan fingerprint density at radius 3 is 2.65 bits per heavy atom. The molecular formula is C22H37N3O. The van der Waals surface area contributed by atoms with Crippen molar-refractivity contribution in [1.82, 2.24) is 15.1 Å². The summed E-state index contributed by atoms with van der Waals surface area (Å²) >= 11 is 0. The smallest absolute Gasteiger partial charge is 0.251 e. The molecule has 2 rings (SSSR count). The van der Waals surface area contributed by atoms with Crippen LogP contribution in [0.3, 0.4) is 0 Å². The Labute approximate surface area is 159 Å². The van der Waals surface area contributed by atoms with E-state index < -0.39 is 0 Å². The maximum Gasteiger partial charge on any atom is 0.251 e. The van der Waals surface area contributed by atoms with Gasteiger partial charge in [0.15, 0.2) is 0 Å². The van der Waals surface area contributed by atoms with E-state index in [-0.39, 0.29) is 5.91 Å². The zero-order valence-corrected chi connectivity index (χ0v) is 17.1. The molecular weight excluding hydrogens is 322 g/mol. The molecule has 0 bridgehead atoms. The van der Waals surface area contributed by atoms with Crippen LogP contribution in [0.15, 0.2) is 24.3 Å². The largest absolute Gasteiger partial charge is 0.352 e. The van der Waals surface area contributed by atoms with Crippen LogP contribution in [0.1, 0.15) is 62.9 Å². The number of nitrogens with one attached hydrogen (secondary N) is 1. The van der Waals surface area contributed by atoms with E-state index in [1.165, 1.54) is 31.5 Å². The Hall–Kier alpha value is -1.39. The van der Waals surface area contributed by atoms with E-state index in [1.54, 1.807) is 0 Å². The molecule has 0 aliphatic carbocycles. The van der Waals surface area contributed by atoms with Crippen molar-refractivity contribution in [3.05, 3.63) is 35.4 Å². The lowest BCUT2D eigenvalue weighted by atomic mass is 10.0. The van der Waals surface area contributed by atoms with Crippen molar-refractivity contribution in [1.29, 1.82) is 0 Å². The number of amides is 1. The average Bonchev–Trinajstić information content (AvgIpc) is 2.63. The van der Waals surface area contributed by atoms with E-state index in [0.29, 0.717) is 6.04 Å². The zero-order valence-electron chi connectivity index (χ0n) is 17.1. The molecule has 1 aromatic rings. The summed E-state index contributed by atoms with van der Waals surface area (Å²) in [5, 5.41) is 3.06. The number of carbonyl (C=O) groups is 1. The third-order valence-electron chi connectivity index (χ3n) is 5.42. The van der Waals surface area contributed by atoms with Gasteiger partial charge in [-0.15, -0.1) is 0 Å². The van der Waals surface area contributed by atoms with Gasteiger partial charge in [0, 0.05) is 31.2 Å². The van der Waals surface area contributed by atoms with E-state index in [2.05, 4.69) is 54.9 Å². The molecule has 1 aromatic carbocycles. The minimum atomic E-state index is 0.0415. The number of benzene rings is 1. The first-order valence-electron chi connectivity index (χ1n) is 10.3. The lowest BCUT2D eigenvalue weighted by Gasteiger charge is -2.30. The topological polar surface area (TPSA) is 35.6 Å². The van der Waals surface area contributed by atoms with Gasteiger partial charge in [0.25, 0.3) is 5.91 Å². The molecule has 1 unspecified atom stereocenters. The third kappa shape index (κ3) is 6.73. The maximum atomic E-state index is 12.3. The Kier molecular flexibility index (Phi) is 8.60. The minimum Gasteiger partial charge on any atom is -0.352 e. The van der Waals surface area contributed by atoms with Gasteiger partial charge in [-0.05, 0) is 76.4 Å². The van der Waals surface area contributed by atoms with Gasteiger partial charge in [-0.2, -0.15) is 0 Å². The first kappa shape index (κ1) is 20.9. The SMILES string of the molecule is CCN(Cc1ccc(C(=O)NCCCN2CCCC(C)C2)cc1)C(C)C. The Morgan fingerprint density at radius 2 is 2.04 bits per heavy atom. The van der Waals surface area contributed by atoms with Crippen LogP contribution < -0.4 is 5.32 Å². The fourth-order valence-electron chi connectivity index (χ4n) is 3.75. The summed E-state index contributed by atoms with van der Waals surface area (Å²) in [6, 6.07) is 8.59. The zero-order chi connectivity index (χ0) is 18.9. The molecule has 1 fully saturated rings. The maximum absolute atomic E-state index is 12.3. The molecule has 4 nitrogen and oxygen atoms in total. The summed E-state index contributed by atoms with van der Waals surface area (Å²) in [6.45, 7) is 15.2. The molecule has 1 aliphatic rings. The average molecular weight is 360 g/mol. The van der Waals surface area contributed by atoms with Crippen molar-refractivity contribution in [3.63, 3.8) is 0 Å². The third-order valence-corrected chi connectivity index (χ3v) is 5.42. The molecule has 0 saturated carbocycles. The highest BCUT2D eigenvalue weighted by atomic mass is 16.1. The van der Waals surface area contributed by atoms with Gasteiger partial charge in [0.1, 0.15) is 0 Å². The van der Waals surface area contributed by atoms with Crippen LogP contribution in [0.5, 0.6) is 0 Å². The van der Waals surface area contributed by atoms with E-state index in [1.807, 2.05) is 12.1 Å². The van der Waals surface area contributed by atoms with Gasteiger partial charge in [-0.1, -0.05) is 26.0 Å². The molecule has 1 heterocycles. The molecule has 0 spiro atoms. The Bertz CT molecular complexity index is 541. The summed E-state index contributed by atoms with van der Waals surface area (Å²) < 4.78 is 0. The molecule has 146 valence electrons. The van der Waals surface area contributed by atoms with Gasteiger partial charge in [-0.25, -0.2) is 0 Å². The second kappa shape index (κ2) is 10.7. The molecule has 0 radical (unpaired) electrons. The Morgan fingerprint density at radius 1 is 1.31 bits per heavy atom. The quantitative estimate of drug-likeness (QED) is 0.682. The van der Waals surface area contributed by atoms with Crippen molar-refractivity contribution in [2.45, 2.75) is 59.5 Å². The lowest BCUT2D eigenvalue weighted by molar-refractivity contribution is 0.0950. The van der Waals surface area contributed by atoms with Gasteiger partial charge >= 0.3 is 0 Å². The molecule has 1 aliphatic heterocycles. The van der Waals surface area contributed by atoms with Crippen molar-refractivity contribution in [2.75, 3.05) is 32.7 Å². The number of nitrogens with zero attached hydrogens (tertiary/aromatic N) is 2. The van der Waals surface area contributed by atoms with E-state index in [9.17, 15) is 4.79 Å². The van der Waals surface area contributed by atoms with Crippen LogP contribution >= 0.6 is 0 Å². The fraction of sp³-hybridized carbons (Fsp3) is 0.682. The van der Waals surface area contributed by atoms with Crippen LogP contribution in [0.4, 0.5) is 0 Å². The van der Waals surface area contributed by atoms with Crippen molar-refractivity contribution in [2.24, 2.45) is 5.92 Å². The van der Waals surface area contributed by atoms with Gasteiger partial charge in [-0.3, -0.25) is 9.69 Å².